The highest BCUT2D eigenvalue weighted by atomic mass is 32.2. The van der Waals surface area contributed by atoms with E-state index in [9.17, 15) is 8.42 Å². The highest BCUT2D eigenvalue weighted by molar-refractivity contribution is 7.90. The quantitative estimate of drug-likeness (QED) is 0.321. The fourth-order valence-corrected chi connectivity index (χ4v) is 6.10. The van der Waals surface area contributed by atoms with Crippen LogP contribution in [0.2, 0.25) is 0 Å². The van der Waals surface area contributed by atoms with Gasteiger partial charge in [-0.1, -0.05) is 50.2 Å². The van der Waals surface area contributed by atoms with Crippen molar-refractivity contribution in [2.24, 2.45) is 13.0 Å². The van der Waals surface area contributed by atoms with Gasteiger partial charge in [-0.15, -0.1) is 0 Å². The summed E-state index contributed by atoms with van der Waals surface area (Å²) in [5.41, 5.74) is 7.51. The number of hydrogen-bond donors (Lipinski definition) is 0. The lowest BCUT2D eigenvalue weighted by Gasteiger charge is -2.35. The summed E-state index contributed by atoms with van der Waals surface area (Å²) >= 11 is 0. The van der Waals surface area contributed by atoms with Crippen molar-refractivity contribution in [2.45, 2.75) is 32.2 Å². The van der Waals surface area contributed by atoms with Crippen LogP contribution < -0.4 is 0 Å². The number of sulfone groups is 1. The highest BCUT2D eigenvalue weighted by Crippen LogP contribution is 2.32. The minimum atomic E-state index is -3.22. The van der Waals surface area contributed by atoms with Crippen molar-refractivity contribution in [1.82, 2.24) is 19.4 Å². The molecule has 1 saturated heterocycles. The van der Waals surface area contributed by atoms with Gasteiger partial charge in [0.2, 0.25) is 0 Å². The summed E-state index contributed by atoms with van der Waals surface area (Å²) in [7, 11) is -1.17. The maximum atomic E-state index is 11.9. The minimum absolute atomic E-state index is 0.331. The smallest absolute Gasteiger partial charge is 0.175 e. The molecule has 0 spiro atoms. The van der Waals surface area contributed by atoms with Gasteiger partial charge >= 0.3 is 0 Å². The summed E-state index contributed by atoms with van der Waals surface area (Å²) in [4.78, 5) is 10.4. The van der Waals surface area contributed by atoms with E-state index in [1.165, 1.54) is 18.4 Å². The Bertz CT molecular complexity index is 1530. The second-order valence-corrected chi connectivity index (χ2v) is 13.1. The van der Waals surface area contributed by atoms with Gasteiger partial charge in [0, 0.05) is 74.9 Å². The average molecular weight is 531 g/mol. The van der Waals surface area contributed by atoms with E-state index in [1.54, 1.807) is 12.1 Å². The first-order valence-corrected chi connectivity index (χ1v) is 15.3. The molecule has 1 fully saturated rings. The van der Waals surface area contributed by atoms with Crippen LogP contribution in [-0.2, 0) is 23.4 Å². The molecule has 0 amide bonds. The van der Waals surface area contributed by atoms with Crippen molar-refractivity contribution < 1.29 is 8.42 Å². The molecule has 6 nitrogen and oxygen atoms in total. The summed E-state index contributed by atoms with van der Waals surface area (Å²) in [5.74, 6) is 0.723. The van der Waals surface area contributed by atoms with Crippen LogP contribution in [0.5, 0.6) is 0 Å². The summed E-state index contributed by atoms with van der Waals surface area (Å²) in [6.45, 7) is 13.4. The number of benzene rings is 2. The molecule has 2 aromatic heterocycles. The van der Waals surface area contributed by atoms with Crippen LogP contribution in [0.25, 0.3) is 33.4 Å². The molecule has 5 rings (SSSR count). The van der Waals surface area contributed by atoms with Crippen molar-refractivity contribution in [2.75, 3.05) is 39.0 Å². The molecule has 0 aliphatic carbocycles. The van der Waals surface area contributed by atoms with Crippen LogP contribution in [-0.4, -0.2) is 66.7 Å². The van der Waals surface area contributed by atoms with Gasteiger partial charge in [0.15, 0.2) is 9.84 Å². The van der Waals surface area contributed by atoms with E-state index in [0.29, 0.717) is 4.90 Å². The van der Waals surface area contributed by atoms with E-state index in [1.807, 2.05) is 12.1 Å². The highest BCUT2D eigenvalue weighted by Gasteiger charge is 2.18. The maximum Gasteiger partial charge on any atom is 0.175 e. The lowest BCUT2D eigenvalue weighted by molar-refractivity contribution is 0.117. The number of aryl methyl sites for hydroxylation is 2. The molecule has 0 bridgehead atoms. The molecule has 0 unspecified atom stereocenters. The number of pyridine rings is 1. The van der Waals surface area contributed by atoms with Gasteiger partial charge in [0.05, 0.1) is 16.1 Å². The molecule has 0 atom stereocenters. The summed E-state index contributed by atoms with van der Waals surface area (Å²) in [5, 5.41) is 1.10. The SMILES string of the molecule is Cc1nc(-c2ccc(CN3CCN(CC(C)C)CC3)cc2)cc2c1cc(-c1ccc(S(C)(=O)=O)cc1)n2C. The van der Waals surface area contributed by atoms with Crippen molar-refractivity contribution in [3.8, 4) is 22.5 Å². The lowest BCUT2D eigenvalue weighted by Crippen LogP contribution is -2.46. The zero-order chi connectivity index (χ0) is 27.0. The third-order valence-corrected chi connectivity index (χ3v) is 8.68. The van der Waals surface area contributed by atoms with E-state index in [-0.39, 0.29) is 0 Å². The summed E-state index contributed by atoms with van der Waals surface area (Å²) < 4.78 is 25.9. The van der Waals surface area contributed by atoms with Crippen LogP contribution in [0.1, 0.15) is 25.1 Å². The molecule has 38 heavy (non-hydrogen) atoms. The van der Waals surface area contributed by atoms with Crippen LogP contribution in [0.4, 0.5) is 0 Å². The van der Waals surface area contributed by atoms with Gasteiger partial charge in [-0.3, -0.25) is 9.88 Å². The number of fused-ring (bicyclic) bond motifs is 1. The molecular formula is C31H38N4O2S. The molecule has 4 aromatic rings. The number of nitrogens with zero attached hydrogens (tertiary/aromatic N) is 4. The maximum absolute atomic E-state index is 11.9. The fourth-order valence-electron chi connectivity index (χ4n) is 5.47. The van der Waals surface area contributed by atoms with Gasteiger partial charge in [-0.05, 0) is 48.2 Å². The monoisotopic (exact) mass is 530 g/mol. The van der Waals surface area contributed by atoms with Crippen LogP contribution in [0.3, 0.4) is 0 Å². The molecular weight excluding hydrogens is 492 g/mol. The van der Waals surface area contributed by atoms with Gasteiger partial charge < -0.3 is 9.47 Å². The first kappa shape index (κ1) is 26.6. The molecule has 0 N–H and O–H groups in total. The molecule has 1 aliphatic rings. The molecule has 1 aliphatic heterocycles. The topological polar surface area (TPSA) is 58.4 Å². The van der Waals surface area contributed by atoms with E-state index in [2.05, 4.69) is 78.6 Å². The Balaban J connectivity index is 1.34. The van der Waals surface area contributed by atoms with Crippen molar-refractivity contribution in [3.63, 3.8) is 0 Å². The van der Waals surface area contributed by atoms with E-state index in [0.717, 1.165) is 77.8 Å². The second kappa shape index (κ2) is 10.6. The molecule has 7 heteroatoms. The molecule has 200 valence electrons. The van der Waals surface area contributed by atoms with Gasteiger partial charge in [-0.2, -0.15) is 0 Å². The van der Waals surface area contributed by atoms with Gasteiger partial charge in [0.25, 0.3) is 0 Å². The van der Waals surface area contributed by atoms with Crippen LogP contribution in [0.15, 0.2) is 65.6 Å². The summed E-state index contributed by atoms with van der Waals surface area (Å²) in [6.07, 6.45) is 1.23. The molecule has 3 heterocycles. The van der Waals surface area contributed by atoms with Crippen LogP contribution >= 0.6 is 0 Å². The Morgan fingerprint density at radius 3 is 2.08 bits per heavy atom. The van der Waals surface area contributed by atoms with Gasteiger partial charge in [0.1, 0.15) is 0 Å². The number of aromatic nitrogens is 2. The number of rotatable bonds is 7. The fraction of sp³-hybridized carbons (Fsp3) is 0.387. The van der Waals surface area contributed by atoms with Crippen molar-refractivity contribution >= 4 is 20.7 Å². The zero-order valence-electron chi connectivity index (χ0n) is 23.1. The predicted octanol–water partition coefficient (Wildman–Crippen LogP) is 5.39. The molecule has 0 radical (unpaired) electrons. The molecule has 2 aromatic carbocycles. The van der Waals surface area contributed by atoms with Gasteiger partial charge in [-0.25, -0.2) is 8.42 Å². The standard InChI is InChI=1S/C31H38N4O2S/c1-22(2)20-34-14-16-35(17-15-34)21-24-6-8-25(9-7-24)29-19-31-28(23(3)32-29)18-30(33(31)4)26-10-12-27(13-11-26)38(5,36)37/h6-13,18-19,22H,14-17,20-21H2,1-5H3. The zero-order valence-corrected chi connectivity index (χ0v) is 23.9. The molecule has 0 saturated carbocycles. The third kappa shape index (κ3) is 5.70. The van der Waals surface area contributed by atoms with E-state index in [4.69, 9.17) is 4.98 Å². The first-order chi connectivity index (χ1) is 18.1. The largest absolute Gasteiger partial charge is 0.344 e. The number of hydrogen-bond acceptors (Lipinski definition) is 5. The first-order valence-electron chi connectivity index (χ1n) is 13.4. The van der Waals surface area contributed by atoms with E-state index < -0.39 is 9.84 Å². The van der Waals surface area contributed by atoms with E-state index >= 15 is 0 Å². The minimum Gasteiger partial charge on any atom is -0.344 e. The Morgan fingerprint density at radius 1 is 0.868 bits per heavy atom. The Morgan fingerprint density at radius 2 is 1.47 bits per heavy atom. The van der Waals surface area contributed by atoms with Crippen molar-refractivity contribution in [1.29, 1.82) is 0 Å². The van der Waals surface area contributed by atoms with Crippen LogP contribution in [0, 0.1) is 12.8 Å². The third-order valence-electron chi connectivity index (χ3n) is 7.55. The number of piperazine rings is 1. The summed E-state index contributed by atoms with van der Waals surface area (Å²) in [6, 6.07) is 20.2. The Hall–Kier alpha value is -3.00. The Labute approximate surface area is 226 Å². The Kier molecular flexibility index (Phi) is 7.45. The lowest BCUT2D eigenvalue weighted by atomic mass is 10.1. The predicted molar refractivity (Wildman–Crippen MR) is 156 cm³/mol. The average Bonchev–Trinajstić information content (AvgIpc) is 3.22. The normalized spacial score (nSPS) is 15.5. The van der Waals surface area contributed by atoms with Crippen molar-refractivity contribution in [3.05, 3.63) is 71.9 Å². The second-order valence-electron chi connectivity index (χ2n) is 11.1.